The number of carbonyl (C=O) groups excluding carboxylic acids is 1. The monoisotopic (exact) mass is 342 g/mol. The zero-order valence-electron chi connectivity index (χ0n) is 12.7. The molecule has 23 heavy (non-hydrogen) atoms. The summed E-state index contributed by atoms with van der Waals surface area (Å²) < 4.78 is 15.9. The average Bonchev–Trinajstić information content (AvgIpc) is 2.89. The molecule has 1 aromatic carbocycles. The van der Waals surface area contributed by atoms with Crippen LogP contribution in [0.4, 0.5) is 4.79 Å². The molecule has 0 bridgehead atoms. The van der Waals surface area contributed by atoms with E-state index in [-0.39, 0.29) is 17.0 Å². The fourth-order valence-electron chi connectivity index (χ4n) is 2.32. The van der Waals surface area contributed by atoms with Crippen molar-refractivity contribution in [3.05, 3.63) is 27.4 Å². The zero-order chi connectivity index (χ0) is 17.0. The first-order chi connectivity index (χ1) is 10.9. The van der Waals surface area contributed by atoms with Crippen molar-refractivity contribution in [3.8, 4) is 5.75 Å². The number of phenols is 1. The Morgan fingerprint density at radius 2 is 2.09 bits per heavy atom. The molecule has 0 spiro atoms. The number of H-pyrrole nitrogens is 1. The van der Waals surface area contributed by atoms with Gasteiger partial charge in [0.05, 0.1) is 4.70 Å². The summed E-state index contributed by atoms with van der Waals surface area (Å²) in [5, 5.41) is 9.80. The number of aromatic nitrogens is 1. The number of nitrogens with two attached hydrogens (primary N) is 1. The van der Waals surface area contributed by atoms with Crippen LogP contribution in [-0.2, 0) is 20.6 Å². The van der Waals surface area contributed by atoms with Gasteiger partial charge in [0.1, 0.15) is 17.4 Å². The van der Waals surface area contributed by atoms with E-state index in [4.69, 9.17) is 19.9 Å². The van der Waals surface area contributed by atoms with Gasteiger partial charge in [0.25, 0.3) is 0 Å². The lowest BCUT2D eigenvalue weighted by Crippen LogP contribution is -2.30. The number of amides is 1. The zero-order valence-corrected chi connectivity index (χ0v) is 13.5. The maximum atomic E-state index is 11.5. The van der Waals surface area contributed by atoms with E-state index in [0.29, 0.717) is 16.6 Å². The van der Waals surface area contributed by atoms with E-state index in [2.05, 4.69) is 4.98 Å². The molecular formula is C14H18N2O6S. The van der Waals surface area contributed by atoms with Crippen molar-refractivity contribution in [1.82, 2.24) is 4.98 Å². The molecule has 1 unspecified atom stereocenters. The molecule has 126 valence electrons. The van der Waals surface area contributed by atoms with Gasteiger partial charge in [0.2, 0.25) is 0 Å². The second-order valence-electron chi connectivity index (χ2n) is 4.86. The molecular weight excluding hydrogens is 324 g/mol. The summed E-state index contributed by atoms with van der Waals surface area (Å²) in [6, 6.07) is 3.15. The molecule has 0 fully saturated rings. The van der Waals surface area contributed by atoms with E-state index in [1.807, 2.05) is 0 Å². The Kier molecular flexibility index (Phi) is 5.59. The molecule has 0 saturated heterocycles. The lowest BCUT2D eigenvalue weighted by Gasteiger charge is -2.21. The summed E-state index contributed by atoms with van der Waals surface area (Å²) in [7, 11) is 2.96. The Labute approximate surface area is 135 Å². The Bertz CT molecular complexity index is 736. The SMILES string of the molecule is COC(CC(Cc1ccc(O)c2[nH]c(=O)sc12)OC(N)=O)OC. The number of hydrogen-bond acceptors (Lipinski definition) is 7. The molecule has 9 heteroatoms. The fourth-order valence-corrected chi connectivity index (χ4v) is 3.20. The van der Waals surface area contributed by atoms with Gasteiger partial charge in [-0.2, -0.15) is 0 Å². The highest BCUT2D eigenvalue weighted by Gasteiger charge is 2.21. The van der Waals surface area contributed by atoms with Crippen LogP contribution in [0.1, 0.15) is 12.0 Å². The summed E-state index contributed by atoms with van der Waals surface area (Å²) in [5.41, 5.74) is 6.22. The number of rotatable bonds is 7. The number of hydrogen-bond donors (Lipinski definition) is 3. The van der Waals surface area contributed by atoms with Gasteiger partial charge in [-0.05, 0) is 11.6 Å². The Balaban J connectivity index is 2.30. The molecule has 0 aliphatic carbocycles. The topological polar surface area (TPSA) is 124 Å². The van der Waals surface area contributed by atoms with Crippen molar-refractivity contribution in [1.29, 1.82) is 0 Å². The van der Waals surface area contributed by atoms with Crippen molar-refractivity contribution >= 4 is 27.6 Å². The smallest absolute Gasteiger partial charge is 0.404 e. The average molecular weight is 342 g/mol. The first kappa shape index (κ1) is 17.3. The number of methoxy groups -OCH3 is 2. The second kappa shape index (κ2) is 7.44. The van der Waals surface area contributed by atoms with Gasteiger partial charge >= 0.3 is 11.0 Å². The molecule has 0 aliphatic heterocycles. The first-order valence-electron chi connectivity index (χ1n) is 6.80. The quantitative estimate of drug-likeness (QED) is 0.652. The van der Waals surface area contributed by atoms with E-state index in [9.17, 15) is 14.7 Å². The number of nitrogens with one attached hydrogen (secondary N) is 1. The minimum absolute atomic E-state index is 0.0128. The van der Waals surface area contributed by atoms with Crippen LogP contribution in [0, 0.1) is 0 Å². The van der Waals surface area contributed by atoms with Crippen LogP contribution in [0.25, 0.3) is 10.2 Å². The van der Waals surface area contributed by atoms with Crippen LogP contribution in [0.5, 0.6) is 5.75 Å². The maximum Gasteiger partial charge on any atom is 0.404 e. The minimum atomic E-state index is -0.904. The molecule has 2 aromatic rings. The molecule has 0 saturated carbocycles. The number of aromatic hydroxyl groups is 1. The molecule has 0 radical (unpaired) electrons. The van der Waals surface area contributed by atoms with Gasteiger partial charge in [-0.25, -0.2) is 4.79 Å². The Morgan fingerprint density at radius 3 is 2.70 bits per heavy atom. The van der Waals surface area contributed by atoms with Crippen LogP contribution < -0.4 is 10.6 Å². The van der Waals surface area contributed by atoms with E-state index in [1.54, 1.807) is 6.07 Å². The number of ether oxygens (including phenoxy) is 3. The molecule has 1 atom stereocenters. The van der Waals surface area contributed by atoms with E-state index >= 15 is 0 Å². The number of benzene rings is 1. The van der Waals surface area contributed by atoms with Gasteiger partial charge in [0, 0.05) is 27.1 Å². The highest BCUT2D eigenvalue weighted by molar-refractivity contribution is 7.16. The number of aromatic amines is 1. The van der Waals surface area contributed by atoms with E-state index in [0.717, 1.165) is 16.9 Å². The molecule has 2 rings (SSSR count). The highest BCUT2D eigenvalue weighted by Crippen LogP contribution is 2.29. The van der Waals surface area contributed by atoms with Crippen LogP contribution in [0.3, 0.4) is 0 Å². The highest BCUT2D eigenvalue weighted by atomic mass is 32.1. The summed E-state index contributed by atoms with van der Waals surface area (Å²) in [6.45, 7) is 0. The maximum absolute atomic E-state index is 11.5. The number of thiazole rings is 1. The lowest BCUT2D eigenvalue weighted by atomic mass is 10.0. The number of primary amides is 1. The summed E-state index contributed by atoms with van der Waals surface area (Å²) in [5.74, 6) is -0.0128. The molecule has 1 aromatic heterocycles. The first-order valence-corrected chi connectivity index (χ1v) is 7.61. The van der Waals surface area contributed by atoms with Gasteiger partial charge < -0.3 is 30.0 Å². The molecule has 8 nitrogen and oxygen atoms in total. The van der Waals surface area contributed by atoms with Gasteiger partial charge in [-0.3, -0.25) is 4.79 Å². The summed E-state index contributed by atoms with van der Waals surface area (Å²) >= 11 is 0.979. The lowest BCUT2D eigenvalue weighted by molar-refractivity contribution is -0.122. The van der Waals surface area contributed by atoms with Crippen molar-refractivity contribution in [2.45, 2.75) is 25.2 Å². The minimum Gasteiger partial charge on any atom is -0.506 e. The van der Waals surface area contributed by atoms with E-state index in [1.165, 1.54) is 20.3 Å². The normalized spacial score (nSPS) is 12.7. The van der Waals surface area contributed by atoms with Crippen molar-refractivity contribution in [2.75, 3.05) is 14.2 Å². The predicted molar refractivity (Wildman–Crippen MR) is 84.7 cm³/mol. The van der Waals surface area contributed by atoms with Crippen LogP contribution >= 0.6 is 11.3 Å². The predicted octanol–water partition coefficient (Wildman–Crippen LogP) is 1.31. The van der Waals surface area contributed by atoms with E-state index < -0.39 is 18.5 Å². The van der Waals surface area contributed by atoms with Crippen molar-refractivity contribution < 1.29 is 24.1 Å². The molecule has 0 aliphatic rings. The third-order valence-electron chi connectivity index (χ3n) is 3.35. The van der Waals surface area contributed by atoms with Crippen LogP contribution in [-0.4, -0.2) is 42.8 Å². The third kappa shape index (κ3) is 4.21. The van der Waals surface area contributed by atoms with Crippen LogP contribution in [0.15, 0.2) is 16.9 Å². The standard InChI is InChI=1S/C14H18N2O6S/c1-20-10(21-2)6-8(22-13(15)18)5-7-3-4-9(17)11-12(7)23-14(19)16-11/h3-4,8,10,17H,5-6H2,1-2H3,(H2,15,18)(H,16,19). The molecule has 1 amide bonds. The van der Waals surface area contributed by atoms with Crippen molar-refractivity contribution in [3.63, 3.8) is 0 Å². The molecule has 4 N–H and O–H groups in total. The number of fused-ring (bicyclic) bond motifs is 1. The Morgan fingerprint density at radius 1 is 1.39 bits per heavy atom. The van der Waals surface area contributed by atoms with Gasteiger partial charge in [0.15, 0.2) is 6.29 Å². The van der Waals surface area contributed by atoms with Gasteiger partial charge in [-0.15, -0.1) is 0 Å². The third-order valence-corrected chi connectivity index (χ3v) is 4.31. The fraction of sp³-hybridized carbons (Fsp3) is 0.429. The number of carbonyl (C=O) groups is 1. The Hall–Kier alpha value is -2.10. The second-order valence-corrected chi connectivity index (χ2v) is 5.85. The largest absolute Gasteiger partial charge is 0.506 e. The number of phenolic OH excluding ortho intramolecular Hbond substituents is 1. The summed E-state index contributed by atoms with van der Waals surface area (Å²) in [6.07, 6.45) is -1.48. The van der Waals surface area contributed by atoms with Gasteiger partial charge in [-0.1, -0.05) is 17.4 Å². The summed E-state index contributed by atoms with van der Waals surface area (Å²) in [4.78, 5) is 24.9. The van der Waals surface area contributed by atoms with Crippen molar-refractivity contribution in [2.24, 2.45) is 5.73 Å². The van der Waals surface area contributed by atoms with Crippen LogP contribution in [0.2, 0.25) is 0 Å². The molecule has 1 heterocycles.